The number of benzene rings is 2. The molecular weight excluding hydrogens is 493 g/mol. The van der Waals surface area contributed by atoms with Crippen molar-refractivity contribution in [3.05, 3.63) is 92.9 Å². The van der Waals surface area contributed by atoms with Gasteiger partial charge in [-0.1, -0.05) is 6.07 Å². The highest BCUT2D eigenvalue weighted by Crippen LogP contribution is 2.39. The molecule has 5 aromatic rings. The molecule has 0 saturated heterocycles. The van der Waals surface area contributed by atoms with Crippen LogP contribution in [0, 0.1) is 19.7 Å². The van der Waals surface area contributed by atoms with Gasteiger partial charge in [-0.3, -0.25) is 9.36 Å². The molecular formula is C27H26FN5O3S. The second-order valence-corrected chi connectivity index (χ2v) is 9.70. The van der Waals surface area contributed by atoms with Gasteiger partial charge in [-0.05, 0) is 68.4 Å². The fourth-order valence-electron chi connectivity index (χ4n) is 4.45. The smallest absolute Gasteiger partial charge is 0.336 e. The zero-order chi connectivity index (χ0) is 26.3. The Bertz CT molecular complexity index is 1730. The predicted molar refractivity (Wildman–Crippen MR) is 144 cm³/mol. The maximum Gasteiger partial charge on any atom is 0.336 e. The van der Waals surface area contributed by atoms with E-state index < -0.39 is 17.1 Å². The van der Waals surface area contributed by atoms with E-state index in [0.29, 0.717) is 34.7 Å². The average molecular weight is 520 g/mol. The molecule has 0 radical (unpaired) electrons. The molecule has 37 heavy (non-hydrogen) atoms. The van der Waals surface area contributed by atoms with Gasteiger partial charge in [-0.15, -0.1) is 11.3 Å². The van der Waals surface area contributed by atoms with E-state index >= 15 is 0 Å². The van der Waals surface area contributed by atoms with Gasteiger partial charge in [0, 0.05) is 24.2 Å². The normalized spacial score (nSPS) is 11.4. The zero-order valence-electron chi connectivity index (χ0n) is 20.9. The van der Waals surface area contributed by atoms with Crippen LogP contribution in [-0.4, -0.2) is 39.4 Å². The molecule has 0 spiro atoms. The Balaban J connectivity index is 1.74. The lowest BCUT2D eigenvalue weighted by Crippen LogP contribution is -2.39. The second-order valence-electron chi connectivity index (χ2n) is 8.70. The number of nitrogens with zero attached hydrogens (tertiary/aromatic N) is 4. The van der Waals surface area contributed by atoms with E-state index in [2.05, 4.69) is 10.3 Å². The molecule has 0 aliphatic rings. The monoisotopic (exact) mass is 519 g/mol. The van der Waals surface area contributed by atoms with Gasteiger partial charge in [-0.25, -0.2) is 18.7 Å². The van der Waals surface area contributed by atoms with Gasteiger partial charge in [0.15, 0.2) is 0 Å². The molecule has 10 heteroatoms. The van der Waals surface area contributed by atoms with Crippen LogP contribution in [0.1, 0.15) is 11.3 Å². The van der Waals surface area contributed by atoms with Crippen LogP contribution >= 0.6 is 11.3 Å². The van der Waals surface area contributed by atoms with Crippen LogP contribution in [-0.2, 0) is 6.54 Å². The number of aryl methyl sites for hydroxylation is 2. The van der Waals surface area contributed by atoms with E-state index in [1.807, 2.05) is 42.8 Å². The molecule has 0 unspecified atom stereocenters. The Morgan fingerprint density at radius 2 is 1.86 bits per heavy atom. The van der Waals surface area contributed by atoms with Crippen molar-refractivity contribution in [2.45, 2.75) is 20.4 Å². The number of rotatable bonds is 7. The van der Waals surface area contributed by atoms with Crippen molar-refractivity contribution in [1.82, 2.24) is 24.0 Å². The first kappa shape index (κ1) is 24.7. The summed E-state index contributed by atoms with van der Waals surface area (Å²) in [6, 6.07) is 11.2. The lowest BCUT2D eigenvalue weighted by atomic mass is 10.1. The summed E-state index contributed by atoms with van der Waals surface area (Å²) in [5.74, 6) is 0.216. The third kappa shape index (κ3) is 4.28. The fraction of sp³-hybridized carbons (Fsp3) is 0.222. The van der Waals surface area contributed by atoms with Gasteiger partial charge in [0.2, 0.25) is 0 Å². The summed E-state index contributed by atoms with van der Waals surface area (Å²) in [6.45, 7) is 4.71. The highest BCUT2D eigenvalue weighted by Gasteiger charge is 2.22. The van der Waals surface area contributed by atoms with Gasteiger partial charge >= 0.3 is 5.69 Å². The lowest BCUT2D eigenvalue weighted by Gasteiger charge is -2.12. The number of hydrogen-bond donors (Lipinski definition) is 1. The van der Waals surface area contributed by atoms with Gasteiger partial charge < -0.3 is 14.6 Å². The molecule has 1 N–H and O–H groups in total. The number of fused-ring (bicyclic) bond motifs is 1. The van der Waals surface area contributed by atoms with Crippen molar-refractivity contribution < 1.29 is 9.13 Å². The molecule has 0 aliphatic carbocycles. The largest absolute Gasteiger partial charge is 0.495 e. The molecule has 3 aromatic heterocycles. The Morgan fingerprint density at radius 1 is 1.11 bits per heavy atom. The van der Waals surface area contributed by atoms with Crippen LogP contribution in [0.2, 0.25) is 0 Å². The molecule has 0 amide bonds. The summed E-state index contributed by atoms with van der Waals surface area (Å²) in [5, 5.41) is 3.53. The van der Waals surface area contributed by atoms with Gasteiger partial charge in [0.1, 0.15) is 16.4 Å². The number of halogens is 1. The number of ether oxygens (including phenoxy) is 1. The van der Waals surface area contributed by atoms with Crippen molar-refractivity contribution in [1.29, 1.82) is 0 Å². The highest BCUT2D eigenvalue weighted by atomic mass is 32.1. The lowest BCUT2D eigenvalue weighted by molar-refractivity contribution is 0.413. The van der Waals surface area contributed by atoms with E-state index in [4.69, 9.17) is 4.74 Å². The highest BCUT2D eigenvalue weighted by molar-refractivity contribution is 7.22. The average Bonchev–Trinajstić information content (AvgIpc) is 3.48. The number of likely N-dealkylation sites (N-methyl/N-ethyl adjacent to an activating group) is 1. The number of imidazole rings is 1. The standard InChI is InChI=1S/C27H26FN5O3S/c1-16-14-31(15-30-16)21-10-5-18(13-22(21)36-4)24-17(2)23-25(34)33(20-8-6-19(28)7-9-20)27(35)32(12-11-29-3)26(23)37-24/h5-10,13-15,29H,11-12H2,1-4H3. The van der Waals surface area contributed by atoms with Gasteiger partial charge in [0.05, 0.1) is 35.9 Å². The molecule has 3 heterocycles. The summed E-state index contributed by atoms with van der Waals surface area (Å²) in [5.41, 5.74) is 2.81. The molecule has 0 fully saturated rings. The molecule has 2 aromatic carbocycles. The fourth-order valence-corrected chi connectivity index (χ4v) is 5.76. The second kappa shape index (κ2) is 9.79. The zero-order valence-corrected chi connectivity index (χ0v) is 21.7. The van der Waals surface area contributed by atoms with Crippen LogP contribution in [0.5, 0.6) is 5.75 Å². The SMILES string of the molecule is CNCCn1c(=O)n(-c2ccc(F)cc2)c(=O)c2c(C)c(-c3ccc(-n4cnc(C)c4)c(OC)c3)sc21. The van der Waals surface area contributed by atoms with Crippen LogP contribution in [0.15, 0.2) is 64.6 Å². The minimum atomic E-state index is -0.462. The first-order valence-electron chi connectivity index (χ1n) is 11.7. The molecule has 0 atom stereocenters. The van der Waals surface area contributed by atoms with Crippen molar-refractivity contribution in [2.75, 3.05) is 20.7 Å². The summed E-state index contributed by atoms with van der Waals surface area (Å²) in [6.07, 6.45) is 3.65. The summed E-state index contributed by atoms with van der Waals surface area (Å²) in [4.78, 5) is 33.0. The number of methoxy groups -OCH3 is 1. The minimum absolute atomic E-state index is 0.324. The van der Waals surface area contributed by atoms with Gasteiger partial charge in [-0.2, -0.15) is 0 Å². The van der Waals surface area contributed by atoms with Crippen LogP contribution in [0.4, 0.5) is 4.39 Å². The Hall–Kier alpha value is -4.02. The molecule has 0 bridgehead atoms. The van der Waals surface area contributed by atoms with Crippen LogP contribution in [0.25, 0.3) is 32.0 Å². The summed E-state index contributed by atoms with van der Waals surface area (Å²) < 4.78 is 23.9. The Morgan fingerprint density at radius 3 is 2.51 bits per heavy atom. The van der Waals surface area contributed by atoms with E-state index in [1.54, 1.807) is 25.1 Å². The number of aromatic nitrogens is 4. The van der Waals surface area contributed by atoms with Crippen molar-refractivity contribution in [3.8, 4) is 27.6 Å². The van der Waals surface area contributed by atoms with Crippen molar-refractivity contribution in [2.24, 2.45) is 0 Å². The quantitative estimate of drug-likeness (QED) is 0.351. The molecule has 8 nitrogen and oxygen atoms in total. The topological polar surface area (TPSA) is 83.1 Å². The number of hydrogen-bond acceptors (Lipinski definition) is 6. The minimum Gasteiger partial charge on any atom is -0.495 e. The van der Waals surface area contributed by atoms with Crippen molar-refractivity contribution >= 4 is 21.6 Å². The first-order valence-corrected chi connectivity index (χ1v) is 12.5. The number of nitrogens with one attached hydrogen (secondary N) is 1. The van der Waals surface area contributed by atoms with Crippen molar-refractivity contribution in [3.63, 3.8) is 0 Å². The van der Waals surface area contributed by atoms with E-state index in [-0.39, 0.29) is 0 Å². The summed E-state index contributed by atoms with van der Waals surface area (Å²) in [7, 11) is 3.42. The van der Waals surface area contributed by atoms with Gasteiger partial charge in [0.25, 0.3) is 5.56 Å². The van der Waals surface area contributed by atoms with E-state index in [9.17, 15) is 14.0 Å². The van der Waals surface area contributed by atoms with E-state index in [0.717, 1.165) is 32.0 Å². The Kier molecular flexibility index (Phi) is 6.53. The van der Waals surface area contributed by atoms with Crippen LogP contribution < -0.4 is 21.3 Å². The predicted octanol–water partition coefficient (Wildman–Crippen LogP) is 4.05. The molecule has 5 rings (SSSR count). The van der Waals surface area contributed by atoms with Crippen LogP contribution in [0.3, 0.4) is 0 Å². The third-order valence-corrected chi connectivity index (χ3v) is 7.68. The maximum absolute atomic E-state index is 13.7. The summed E-state index contributed by atoms with van der Waals surface area (Å²) >= 11 is 1.40. The third-order valence-electron chi connectivity index (χ3n) is 6.31. The first-order chi connectivity index (χ1) is 17.8. The van der Waals surface area contributed by atoms with E-state index in [1.165, 1.54) is 35.6 Å². The number of thiophene rings is 1. The molecule has 0 aliphatic heterocycles. The maximum atomic E-state index is 13.7. The molecule has 0 saturated carbocycles. The Labute approximate surface area is 216 Å². The molecule has 190 valence electrons.